The molecule has 1 amide bonds. The number of carbonyl (C=O) groups is 2. The van der Waals surface area contributed by atoms with Gasteiger partial charge in [0.15, 0.2) is 0 Å². The Morgan fingerprint density at radius 1 is 1.22 bits per heavy atom. The summed E-state index contributed by atoms with van der Waals surface area (Å²) in [7, 11) is -4.02. The quantitative estimate of drug-likeness (QED) is 0.179. The first-order valence-electron chi connectivity index (χ1n) is 12.6. The van der Waals surface area contributed by atoms with Gasteiger partial charge in [-0.05, 0) is 83.5 Å². The highest BCUT2D eigenvalue weighted by atomic mass is 32.2. The Morgan fingerprint density at radius 3 is 2.54 bits per heavy atom. The van der Waals surface area contributed by atoms with Crippen LogP contribution in [-0.2, 0) is 26.0 Å². The number of rotatable bonds is 9. The van der Waals surface area contributed by atoms with E-state index in [1.54, 1.807) is 13.8 Å². The highest BCUT2D eigenvalue weighted by Crippen LogP contribution is 2.43. The van der Waals surface area contributed by atoms with Crippen molar-refractivity contribution in [3.8, 4) is 5.75 Å². The lowest BCUT2D eigenvalue weighted by Gasteiger charge is -2.24. The molecule has 0 spiro atoms. The standard InChI is InChI=1S/C25H39N5O6S/c1-14-15(2)21(16(3)17-13-25(4,5)36-20(14)17)37(34,35)30-24(26)28-12-8-10-19(23(32)33)29-22(31)18-9-6-7-11-27-18/h18-19,27H,6-13H2,1-5H3,(H,29,31)(H,32,33)(H3,26,28,30)/t18-,19-/m0/s1. The molecule has 1 aromatic carbocycles. The van der Waals surface area contributed by atoms with Crippen molar-refractivity contribution in [2.75, 3.05) is 13.1 Å². The van der Waals surface area contributed by atoms with Crippen molar-refractivity contribution >= 4 is 27.9 Å². The number of aliphatic carboxylic acids is 1. The van der Waals surface area contributed by atoms with Crippen LogP contribution in [0.15, 0.2) is 9.89 Å². The number of amides is 1. The van der Waals surface area contributed by atoms with Gasteiger partial charge in [0.05, 0.1) is 10.9 Å². The summed E-state index contributed by atoms with van der Waals surface area (Å²) in [6.07, 6.45) is 3.61. The number of hydrogen-bond donors (Lipinski definition) is 5. The second-order valence-corrected chi connectivity index (χ2v) is 12.1. The van der Waals surface area contributed by atoms with Gasteiger partial charge in [0.1, 0.15) is 17.4 Å². The average molecular weight is 538 g/mol. The molecule has 37 heavy (non-hydrogen) atoms. The van der Waals surface area contributed by atoms with Crippen LogP contribution in [0.2, 0.25) is 0 Å². The molecule has 0 aliphatic carbocycles. The molecule has 2 aliphatic heterocycles. The van der Waals surface area contributed by atoms with Crippen LogP contribution in [0.1, 0.15) is 68.2 Å². The molecule has 0 radical (unpaired) electrons. The molecule has 0 saturated carbocycles. The molecule has 6 N–H and O–H groups in total. The van der Waals surface area contributed by atoms with Gasteiger partial charge < -0.3 is 26.2 Å². The van der Waals surface area contributed by atoms with E-state index >= 15 is 0 Å². The number of carboxylic acids is 1. The maximum Gasteiger partial charge on any atom is 0.326 e. The summed E-state index contributed by atoms with van der Waals surface area (Å²) in [5, 5.41) is 15.2. The van der Waals surface area contributed by atoms with Crippen molar-refractivity contribution in [2.45, 2.75) is 95.7 Å². The Morgan fingerprint density at radius 2 is 1.92 bits per heavy atom. The number of ether oxygens (including phenoxy) is 1. The fourth-order valence-electron chi connectivity index (χ4n) is 4.97. The van der Waals surface area contributed by atoms with Gasteiger partial charge in [0, 0.05) is 18.5 Å². The Labute approximate surface area is 218 Å². The topological polar surface area (TPSA) is 172 Å². The third kappa shape index (κ3) is 6.72. The van der Waals surface area contributed by atoms with Crippen molar-refractivity contribution in [2.24, 2.45) is 10.7 Å². The minimum Gasteiger partial charge on any atom is -0.487 e. The molecule has 1 aromatic rings. The minimum atomic E-state index is -4.02. The van der Waals surface area contributed by atoms with Gasteiger partial charge in [-0.15, -0.1) is 0 Å². The molecule has 1 fully saturated rings. The number of nitrogens with one attached hydrogen (secondary N) is 3. The molecule has 0 aromatic heterocycles. The first-order valence-corrected chi connectivity index (χ1v) is 14.1. The zero-order valence-electron chi connectivity index (χ0n) is 22.2. The molecule has 0 unspecified atom stereocenters. The number of aliphatic imine (C=N–C) groups is 1. The summed E-state index contributed by atoms with van der Waals surface area (Å²) in [5.74, 6) is -1.00. The summed E-state index contributed by atoms with van der Waals surface area (Å²) >= 11 is 0. The van der Waals surface area contributed by atoms with Crippen molar-refractivity contribution < 1.29 is 27.9 Å². The van der Waals surface area contributed by atoms with E-state index < -0.39 is 27.6 Å². The van der Waals surface area contributed by atoms with E-state index in [-0.39, 0.29) is 35.8 Å². The fourth-order valence-corrected chi connectivity index (χ4v) is 6.49. The SMILES string of the molecule is Cc1c(C)c(S(=O)(=O)NC(N)=NCCC[C@H](NC(=O)[C@@H]2CCCCN2)C(=O)O)c(C)c2c1OC(C)(C)C2. The number of piperidine rings is 1. The van der Waals surface area contributed by atoms with Gasteiger partial charge in [-0.25, -0.2) is 17.9 Å². The van der Waals surface area contributed by atoms with E-state index in [2.05, 4.69) is 20.3 Å². The second-order valence-electron chi connectivity index (χ2n) is 10.5. The van der Waals surface area contributed by atoms with Crippen molar-refractivity contribution in [3.05, 3.63) is 22.3 Å². The number of benzene rings is 1. The second kappa shape index (κ2) is 11.3. The van der Waals surface area contributed by atoms with Crippen molar-refractivity contribution in [1.82, 2.24) is 15.4 Å². The third-order valence-corrected chi connectivity index (χ3v) is 8.60. The molecule has 3 rings (SSSR count). The lowest BCUT2D eigenvalue weighted by atomic mass is 9.94. The largest absolute Gasteiger partial charge is 0.487 e. The number of sulfonamides is 1. The Kier molecular flexibility index (Phi) is 8.74. The van der Waals surface area contributed by atoms with Crippen LogP contribution in [-0.4, -0.2) is 62.1 Å². The van der Waals surface area contributed by atoms with Crippen LogP contribution in [0.3, 0.4) is 0 Å². The molecule has 11 nitrogen and oxygen atoms in total. The molecular formula is C25H39N5O6S. The molecular weight excluding hydrogens is 498 g/mol. The van der Waals surface area contributed by atoms with Gasteiger partial charge in [0.2, 0.25) is 11.9 Å². The summed E-state index contributed by atoms with van der Waals surface area (Å²) in [4.78, 5) is 28.2. The van der Waals surface area contributed by atoms with E-state index in [0.717, 1.165) is 36.3 Å². The van der Waals surface area contributed by atoms with E-state index in [0.29, 0.717) is 30.4 Å². The maximum absolute atomic E-state index is 13.3. The zero-order chi connectivity index (χ0) is 27.5. The number of nitrogens with zero attached hydrogens (tertiary/aromatic N) is 1. The molecule has 12 heteroatoms. The Balaban J connectivity index is 1.62. The van der Waals surface area contributed by atoms with Crippen molar-refractivity contribution in [3.63, 3.8) is 0 Å². The monoisotopic (exact) mass is 537 g/mol. The number of fused-ring (bicyclic) bond motifs is 1. The average Bonchev–Trinajstić information content (AvgIpc) is 3.15. The molecule has 0 bridgehead atoms. The number of hydrogen-bond acceptors (Lipinski definition) is 7. The van der Waals surface area contributed by atoms with Crippen LogP contribution < -0.4 is 25.8 Å². The fraction of sp³-hybridized carbons (Fsp3) is 0.640. The van der Waals surface area contributed by atoms with Crippen LogP contribution in [0.4, 0.5) is 0 Å². The minimum absolute atomic E-state index is 0.0961. The summed E-state index contributed by atoms with van der Waals surface area (Å²) in [5.41, 5.74) is 8.32. The molecule has 2 atom stereocenters. The Hall–Kier alpha value is -2.86. The first kappa shape index (κ1) is 28.7. The normalized spacial score (nSPS) is 20.0. The molecule has 206 valence electrons. The van der Waals surface area contributed by atoms with Gasteiger partial charge >= 0.3 is 5.97 Å². The number of carboxylic acid groups (broad SMARTS) is 1. The van der Waals surface area contributed by atoms with Gasteiger partial charge in [-0.3, -0.25) is 9.79 Å². The van der Waals surface area contributed by atoms with E-state index in [9.17, 15) is 23.1 Å². The van der Waals surface area contributed by atoms with Crippen LogP contribution in [0, 0.1) is 20.8 Å². The van der Waals surface area contributed by atoms with Crippen molar-refractivity contribution in [1.29, 1.82) is 0 Å². The molecule has 1 saturated heterocycles. The maximum atomic E-state index is 13.3. The van der Waals surface area contributed by atoms with Crippen LogP contribution >= 0.6 is 0 Å². The van der Waals surface area contributed by atoms with E-state index in [4.69, 9.17) is 10.5 Å². The number of guanidine groups is 1. The van der Waals surface area contributed by atoms with Gasteiger partial charge in [0.25, 0.3) is 10.0 Å². The summed E-state index contributed by atoms with van der Waals surface area (Å²) in [6.45, 7) is 10.1. The predicted octanol–water partition coefficient (Wildman–Crippen LogP) is 1.41. The predicted molar refractivity (Wildman–Crippen MR) is 140 cm³/mol. The third-order valence-electron chi connectivity index (χ3n) is 6.97. The summed E-state index contributed by atoms with van der Waals surface area (Å²) in [6, 6.07) is -1.44. The van der Waals surface area contributed by atoms with Crippen LogP contribution in [0.25, 0.3) is 0 Å². The zero-order valence-corrected chi connectivity index (χ0v) is 23.0. The highest BCUT2D eigenvalue weighted by molar-refractivity contribution is 7.90. The first-order chi connectivity index (χ1) is 17.2. The smallest absolute Gasteiger partial charge is 0.326 e. The van der Waals surface area contributed by atoms with Crippen LogP contribution in [0.5, 0.6) is 5.75 Å². The lowest BCUT2D eigenvalue weighted by Crippen LogP contribution is -2.51. The lowest BCUT2D eigenvalue weighted by molar-refractivity contribution is -0.142. The van der Waals surface area contributed by atoms with E-state index in [1.807, 2.05) is 20.8 Å². The molecule has 2 aliphatic rings. The summed E-state index contributed by atoms with van der Waals surface area (Å²) < 4.78 is 34.9. The number of carbonyl (C=O) groups excluding carboxylic acids is 1. The van der Waals surface area contributed by atoms with E-state index in [1.165, 1.54) is 0 Å². The molecule has 2 heterocycles. The van der Waals surface area contributed by atoms with Gasteiger partial charge in [-0.1, -0.05) is 6.42 Å². The Bertz CT molecular complexity index is 1190. The van der Waals surface area contributed by atoms with Gasteiger partial charge in [-0.2, -0.15) is 0 Å². The highest BCUT2D eigenvalue weighted by Gasteiger charge is 2.36. The number of nitrogens with two attached hydrogens (primary N) is 1.